The molecule has 24 heavy (non-hydrogen) atoms. The first-order valence-corrected chi connectivity index (χ1v) is 7.87. The minimum absolute atomic E-state index is 0.0205. The lowest BCUT2D eigenvalue weighted by Crippen LogP contribution is -2.37. The Morgan fingerprint density at radius 1 is 1.33 bits per heavy atom. The summed E-state index contributed by atoms with van der Waals surface area (Å²) in [5.41, 5.74) is 7.39. The zero-order valence-electron chi connectivity index (χ0n) is 13.7. The van der Waals surface area contributed by atoms with E-state index in [0.717, 1.165) is 29.7 Å². The van der Waals surface area contributed by atoms with Crippen molar-refractivity contribution >= 4 is 17.3 Å². The quantitative estimate of drug-likeness (QED) is 0.718. The number of nitrogens with zero attached hydrogens (tertiary/aromatic N) is 1. The second kappa shape index (κ2) is 5.99. The highest BCUT2D eigenvalue weighted by molar-refractivity contribution is 6.02. The molecule has 1 aliphatic rings. The van der Waals surface area contributed by atoms with Crippen LogP contribution in [0.5, 0.6) is 0 Å². The molecule has 0 atom stereocenters. The molecule has 1 aromatic carbocycles. The summed E-state index contributed by atoms with van der Waals surface area (Å²) < 4.78 is 1.31. The second-order valence-corrected chi connectivity index (χ2v) is 6.22. The van der Waals surface area contributed by atoms with Crippen molar-refractivity contribution in [1.82, 2.24) is 9.55 Å². The number of hydrogen-bond acceptors (Lipinski definition) is 5. The monoisotopic (exact) mass is 328 g/mol. The lowest BCUT2D eigenvalue weighted by Gasteiger charge is -2.13. The Bertz CT molecular complexity index is 922. The smallest absolute Gasteiger partial charge is 0.330 e. The highest BCUT2D eigenvalue weighted by Gasteiger charge is 2.29. The van der Waals surface area contributed by atoms with Crippen molar-refractivity contribution in [2.24, 2.45) is 0 Å². The van der Waals surface area contributed by atoms with Crippen LogP contribution in [0.1, 0.15) is 40.4 Å². The molecule has 1 fully saturated rings. The molecular formula is C17H20N4O3. The molecule has 7 nitrogen and oxygen atoms in total. The number of nitrogens with two attached hydrogens (primary N) is 1. The van der Waals surface area contributed by atoms with Crippen LogP contribution in [-0.4, -0.2) is 21.9 Å². The third kappa shape index (κ3) is 2.97. The first kappa shape index (κ1) is 16.0. The Morgan fingerprint density at radius 3 is 2.71 bits per heavy atom. The Labute approximate surface area is 138 Å². The van der Waals surface area contributed by atoms with Crippen molar-refractivity contribution in [2.75, 3.05) is 17.6 Å². The number of anilines is 2. The van der Waals surface area contributed by atoms with Gasteiger partial charge in [0.15, 0.2) is 5.78 Å². The van der Waals surface area contributed by atoms with Gasteiger partial charge < -0.3 is 11.1 Å². The maximum absolute atomic E-state index is 12.5. The van der Waals surface area contributed by atoms with E-state index in [1.165, 1.54) is 4.57 Å². The number of rotatable bonds is 5. The van der Waals surface area contributed by atoms with E-state index in [0.29, 0.717) is 0 Å². The minimum Gasteiger partial charge on any atom is -0.384 e. The van der Waals surface area contributed by atoms with E-state index < -0.39 is 17.0 Å². The SMILES string of the molecule is Cc1ccc(C)c(NCC(=O)c2c(N)n(C3CC3)c(=O)[nH]c2=O)c1. The molecule has 7 heteroatoms. The van der Waals surface area contributed by atoms with Gasteiger partial charge >= 0.3 is 5.69 Å². The zero-order chi connectivity index (χ0) is 17.4. The van der Waals surface area contributed by atoms with Crippen molar-refractivity contribution in [3.05, 3.63) is 55.7 Å². The number of hydrogen-bond donors (Lipinski definition) is 3. The normalized spacial score (nSPS) is 13.8. The van der Waals surface area contributed by atoms with Crippen LogP contribution in [0.2, 0.25) is 0 Å². The van der Waals surface area contributed by atoms with Crippen LogP contribution in [0.25, 0.3) is 0 Å². The van der Waals surface area contributed by atoms with Crippen LogP contribution in [0.4, 0.5) is 11.5 Å². The fourth-order valence-corrected chi connectivity index (χ4v) is 2.72. The standard InChI is InChI=1S/C17H20N4O3/c1-9-3-4-10(2)12(7-9)19-8-13(22)14-15(18)21(11-5-6-11)17(24)20-16(14)23/h3-4,7,11,19H,5-6,8,18H2,1-2H3,(H,20,23,24). The number of aryl methyl sites for hydroxylation is 2. The van der Waals surface area contributed by atoms with Gasteiger partial charge in [0.1, 0.15) is 11.4 Å². The van der Waals surface area contributed by atoms with Gasteiger partial charge in [-0.25, -0.2) is 4.79 Å². The summed E-state index contributed by atoms with van der Waals surface area (Å²) in [7, 11) is 0. The van der Waals surface area contributed by atoms with Crippen molar-refractivity contribution in [3.8, 4) is 0 Å². The maximum Gasteiger partial charge on any atom is 0.330 e. The van der Waals surface area contributed by atoms with E-state index in [1.54, 1.807) is 0 Å². The number of carbonyl (C=O) groups excluding carboxylic acids is 1. The molecule has 1 saturated carbocycles. The molecule has 1 heterocycles. The number of benzene rings is 1. The van der Waals surface area contributed by atoms with Gasteiger partial charge in [-0.1, -0.05) is 12.1 Å². The molecule has 4 N–H and O–H groups in total. The number of aromatic nitrogens is 2. The van der Waals surface area contributed by atoms with Gasteiger partial charge in [-0.2, -0.15) is 0 Å². The molecular weight excluding hydrogens is 308 g/mol. The predicted molar refractivity (Wildman–Crippen MR) is 92.7 cm³/mol. The zero-order valence-corrected chi connectivity index (χ0v) is 13.7. The summed E-state index contributed by atoms with van der Waals surface area (Å²) in [5, 5.41) is 3.04. The summed E-state index contributed by atoms with van der Waals surface area (Å²) in [5.74, 6) is -0.483. The Kier molecular flexibility index (Phi) is 4.01. The van der Waals surface area contributed by atoms with Gasteiger partial charge in [0.25, 0.3) is 5.56 Å². The third-order valence-electron chi connectivity index (χ3n) is 4.21. The molecule has 0 aliphatic heterocycles. The largest absolute Gasteiger partial charge is 0.384 e. The van der Waals surface area contributed by atoms with Crippen molar-refractivity contribution in [1.29, 1.82) is 0 Å². The molecule has 0 bridgehead atoms. The first-order chi connectivity index (χ1) is 11.4. The van der Waals surface area contributed by atoms with Gasteiger partial charge in [0, 0.05) is 11.7 Å². The Balaban J connectivity index is 1.88. The van der Waals surface area contributed by atoms with Crippen molar-refractivity contribution in [2.45, 2.75) is 32.7 Å². The Hall–Kier alpha value is -2.83. The molecule has 0 saturated heterocycles. The average Bonchev–Trinajstić information content (AvgIpc) is 3.32. The highest BCUT2D eigenvalue weighted by Crippen LogP contribution is 2.35. The van der Waals surface area contributed by atoms with Gasteiger partial charge in [0.2, 0.25) is 0 Å². The van der Waals surface area contributed by atoms with Gasteiger partial charge in [-0.3, -0.25) is 19.1 Å². The van der Waals surface area contributed by atoms with E-state index in [4.69, 9.17) is 5.73 Å². The van der Waals surface area contributed by atoms with E-state index in [-0.39, 0.29) is 24.0 Å². The molecule has 1 aromatic heterocycles. The average molecular weight is 328 g/mol. The topological polar surface area (TPSA) is 110 Å². The van der Waals surface area contributed by atoms with Gasteiger partial charge in [0.05, 0.1) is 6.54 Å². The summed E-state index contributed by atoms with van der Waals surface area (Å²) in [6.45, 7) is 3.82. The van der Waals surface area contributed by atoms with E-state index in [1.807, 2.05) is 32.0 Å². The van der Waals surface area contributed by atoms with Crippen LogP contribution in [-0.2, 0) is 0 Å². The van der Waals surface area contributed by atoms with Gasteiger partial charge in [-0.05, 0) is 43.9 Å². The predicted octanol–water partition coefficient (Wildman–Crippen LogP) is 1.37. The van der Waals surface area contributed by atoms with Crippen molar-refractivity contribution < 1.29 is 4.79 Å². The van der Waals surface area contributed by atoms with Crippen LogP contribution >= 0.6 is 0 Å². The van der Waals surface area contributed by atoms with Crippen molar-refractivity contribution in [3.63, 3.8) is 0 Å². The van der Waals surface area contributed by atoms with Crippen LogP contribution in [0, 0.1) is 13.8 Å². The molecule has 126 valence electrons. The first-order valence-electron chi connectivity index (χ1n) is 7.87. The fraction of sp³-hybridized carbons (Fsp3) is 0.353. The number of H-pyrrole nitrogens is 1. The second-order valence-electron chi connectivity index (χ2n) is 6.22. The lowest BCUT2D eigenvalue weighted by molar-refractivity contribution is 0.100. The number of ketones is 1. The Morgan fingerprint density at radius 2 is 2.04 bits per heavy atom. The summed E-state index contributed by atoms with van der Waals surface area (Å²) in [6, 6.07) is 5.85. The summed E-state index contributed by atoms with van der Waals surface area (Å²) in [4.78, 5) is 38.6. The molecule has 0 amide bonds. The van der Waals surface area contributed by atoms with E-state index in [9.17, 15) is 14.4 Å². The number of carbonyl (C=O) groups is 1. The summed E-state index contributed by atoms with van der Waals surface area (Å²) >= 11 is 0. The highest BCUT2D eigenvalue weighted by atomic mass is 16.2. The van der Waals surface area contributed by atoms with E-state index >= 15 is 0 Å². The van der Waals surface area contributed by atoms with E-state index in [2.05, 4.69) is 10.3 Å². The molecule has 2 aromatic rings. The molecule has 1 aliphatic carbocycles. The minimum atomic E-state index is -0.734. The number of aromatic amines is 1. The lowest BCUT2D eigenvalue weighted by atomic mass is 10.1. The molecule has 0 radical (unpaired) electrons. The number of nitrogens with one attached hydrogen (secondary N) is 2. The number of nitrogen functional groups attached to an aromatic ring is 1. The van der Waals surface area contributed by atoms with Crippen LogP contribution in [0.15, 0.2) is 27.8 Å². The number of Topliss-reactive ketones (excluding diaryl/α,β-unsaturated/α-hetero) is 1. The maximum atomic E-state index is 12.5. The summed E-state index contributed by atoms with van der Waals surface area (Å²) in [6.07, 6.45) is 1.65. The molecule has 0 spiro atoms. The fourth-order valence-electron chi connectivity index (χ4n) is 2.72. The van der Waals surface area contributed by atoms with Crippen LogP contribution in [0.3, 0.4) is 0 Å². The molecule has 0 unspecified atom stereocenters. The van der Waals surface area contributed by atoms with Gasteiger partial charge in [-0.15, -0.1) is 0 Å². The third-order valence-corrected chi connectivity index (χ3v) is 4.21. The molecule has 3 rings (SSSR count). The van der Waals surface area contributed by atoms with Crippen LogP contribution < -0.4 is 22.3 Å².